The van der Waals surface area contributed by atoms with Crippen LogP contribution < -0.4 is 0 Å². The van der Waals surface area contributed by atoms with E-state index in [0.29, 0.717) is 18.9 Å². The highest BCUT2D eigenvalue weighted by Crippen LogP contribution is 2.26. The molecule has 0 radical (unpaired) electrons. The lowest BCUT2D eigenvalue weighted by Crippen LogP contribution is -2.46. The van der Waals surface area contributed by atoms with Gasteiger partial charge in [0.2, 0.25) is 11.8 Å². The van der Waals surface area contributed by atoms with Gasteiger partial charge in [-0.05, 0) is 32.6 Å². The van der Waals surface area contributed by atoms with E-state index in [1.54, 1.807) is 4.90 Å². The summed E-state index contributed by atoms with van der Waals surface area (Å²) in [5.41, 5.74) is 1.02. The summed E-state index contributed by atoms with van der Waals surface area (Å²) < 4.78 is 2.08. The summed E-state index contributed by atoms with van der Waals surface area (Å²) >= 11 is 0. The summed E-state index contributed by atoms with van der Waals surface area (Å²) in [4.78, 5) is 33.1. The van der Waals surface area contributed by atoms with Crippen molar-refractivity contribution in [1.29, 1.82) is 0 Å². The van der Waals surface area contributed by atoms with Crippen LogP contribution in [0.1, 0.15) is 56.0 Å². The lowest BCUT2D eigenvalue weighted by Gasteiger charge is -2.34. The van der Waals surface area contributed by atoms with Gasteiger partial charge >= 0.3 is 0 Å². The minimum Gasteiger partial charge on any atom is -0.340 e. The number of carbonyl (C=O) groups excluding carboxylic acids is 2. The van der Waals surface area contributed by atoms with Crippen LogP contribution in [0.5, 0.6) is 0 Å². The summed E-state index contributed by atoms with van der Waals surface area (Å²) in [7, 11) is 2.02. The first-order valence-corrected chi connectivity index (χ1v) is 9.10. The Morgan fingerprint density at radius 1 is 1.25 bits per heavy atom. The zero-order valence-corrected chi connectivity index (χ0v) is 14.8. The van der Waals surface area contributed by atoms with Crippen molar-refractivity contribution in [1.82, 2.24) is 19.4 Å². The molecule has 1 aromatic rings. The molecule has 2 aliphatic rings. The number of aromatic nitrogens is 2. The zero-order valence-electron chi connectivity index (χ0n) is 14.8. The van der Waals surface area contributed by atoms with Crippen LogP contribution in [0.25, 0.3) is 0 Å². The Balaban J connectivity index is 1.62. The average Bonchev–Trinajstić information content (AvgIpc) is 2.78. The van der Waals surface area contributed by atoms with Crippen molar-refractivity contribution in [3.63, 3.8) is 0 Å². The van der Waals surface area contributed by atoms with Crippen molar-refractivity contribution in [3.05, 3.63) is 17.7 Å². The number of amides is 2. The molecule has 2 aliphatic heterocycles. The van der Waals surface area contributed by atoms with Gasteiger partial charge in [-0.15, -0.1) is 0 Å². The van der Waals surface area contributed by atoms with E-state index in [9.17, 15) is 9.59 Å². The van der Waals surface area contributed by atoms with Gasteiger partial charge in [0.15, 0.2) is 0 Å². The normalized spacial score (nSPS) is 22.6. The highest BCUT2D eigenvalue weighted by atomic mass is 16.2. The highest BCUT2D eigenvalue weighted by molar-refractivity contribution is 5.85. The van der Waals surface area contributed by atoms with Gasteiger partial charge in [0, 0.05) is 45.2 Å². The maximum absolute atomic E-state index is 12.7. The number of carbonyl (C=O) groups is 2. The van der Waals surface area contributed by atoms with Gasteiger partial charge < -0.3 is 14.4 Å². The topological polar surface area (TPSA) is 58.4 Å². The van der Waals surface area contributed by atoms with Crippen molar-refractivity contribution >= 4 is 11.8 Å². The molecule has 0 bridgehead atoms. The predicted octanol–water partition coefficient (Wildman–Crippen LogP) is 1.84. The summed E-state index contributed by atoms with van der Waals surface area (Å²) in [5.74, 6) is 1.58. The van der Waals surface area contributed by atoms with Crippen molar-refractivity contribution in [2.45, 2.75) is 51.4 Å². The molecule has 0 unspecified atom stereocenters. The highest BCUT2D eigenvalue weighted by Gasteiger charge is 2.29. The molecule has 24 heavy (non-hydrogen) atoms. The Morgan fingerprint density at radius 3 is 2.83 bits per heavy atom. The van der Waals surface area contributed by atoms with Gasteiger partial charge in [-0.25, -0.2) is 4.98 Å². The number of imidazole rings is 1. The van der Waals surface area contributed by atoms with Crippen LogP contribution in [0.3, 0.4) is 0 Å². The van der Waals surface area contributed by atoms with Crippen LogP contribution in [-0.4, -0.2) is 57.3 Å². The second-order valence-corrected chi connectivity index (χ2v) is 7.16. The fourth-order valence-electron chi connectivity index (χ4n) is 3.90. The molecular formula is C18H28N4O2. The molecular weight excluding hydrogens is 304 g/mol. The molecule has 2 fully saturated rings. The minimum atomic E-state index is 0.0841. The van der Waals surface area contributed by atoms with Gasteiger partial charge in [0.05, 0.1) is 12.2 Å². The number of aryl methyl sites for hydroxylation is 2. The summed E-state index contributed by atoms with van der Waals surface area (Å²) in [6, 6.07) is 0. The van der Waals surface area contributed by atoms with Crippen LogP contribution in [0.4, 0.5) is 0 Å². The monoisotopic (exact) mass is 332 g/mol. The molecule has 1 aromatic heterocycles. The lowest BCUT2D eigenvalue weighted by molar-refractivity contribution is -0.140. The van der Waals surface area contributed by atoms with Crippen molar-refractivity contribution in [3.8, 4) is 0 Å². The van der Waals surface area contributed by atoms with E-state index in [4.69, 9.17) is 0 Å². The SMILES string of the molecule is Cc1cn(C)c([C@@H]2CCCN(C(=O)CN3CCCCCC3=O)C2)n1. The Bertz CT molecular complexity index is 610. The van der Waals surface area contributed by atoms with Crippen molar-refractivity contribution < 1.29 is 9.59 Å². The fraction of sp³-hybridized carbons (Fsp3) is 0.722. The van der Waals surface area contributed by atoms with Crippen LogP contribution in [0.2, 0.25) is 0 Å². The summed E-state index contributed by atoms with van der Waals surface area (Å²) in [5, 5.41) is 0. The van der Waals surface area contributed by atoms with E-state index in [0.717, 1.165) is 56.7 Å². The predicted molar refractivity (Wildman–Crippen MR) is 91.5 cm³/mol. The smallest absolute Gasteiger partial charge is 0.242 e. The van der Waals surface area contributed by atoms with Crippen LogP contribution in [-0.2, 0) is 16.6 Å². The number of nitrogens with zero attached hydrogens (tertiary/aromatic N) is 4. The number of piperidine rings is 1. The van der Waals surface area contributed by atoms with E-state index in [-0.39, 0.29) is 18.4 Å². The standard InChI is InChI=1S/C18H28N4O2/c1-14-11-20(2)18(19-14)15-7-6-10-21(12-15)17(24)13-22-9-5-3-4-8-16(22)23/h11,15H,3-10,12-13H2,1-2H3/t15-/m1/s1. The third-order valence-electron chi connectivity index (χ3n) is 5.17. The minimum absolute atomic E-state index is 0.0841. The fourth-order valence-corrected chi connectivity index (χ4v) is 3.90. The van der Waals surface area contributed by atoms with Gasteiger partial charge in [-0.1, -0.05) is 6.42 Å². The first kappa shape index (κ1) is 17.0. The molecule has 0 aliphatic carbocycles. The molecule has 0 spiro atoms. The van der Waals surface area contributed by atoms with Gasteiger partial charge in [0.1, 0.15) is 5.82 Å². The molecule has 0 N–H and O–H groups in total. The first-order chi connectivity index (χ1) is 11.5. The number of hydrogen-bond donors (Lipinski definition) is 0. The molecule has 6 nitrogen and oxygen atoms in total. The molecule has 3 heterocycles. The number of likely N-dealkylation sites (tertiary alicyclic amines) is 2. The average molecular weight is 332 g/mol. The van der Waals surface area contributed by atoms with Crippen LogP contribution >= 0.6 is 0 Å². The molecule has 3 rings (SSSR count). The Kier molecular flexibility index (Phi) is 5.21. The van der Waals surface area contributed by atoms with Crippen molar-refractivity contribution in [2.24, 2.45) is 7.05 Å². The maximum Gasteiger partial charge on any atom is 0.242 e. The Morgan fingerprint density at radius 2 is 2.08 bits per heavy atom. The maximum atomic E-state index is 12.7. The van der Waals surface area contributed by atoms with Crippen molar-refractivity contribution in [2.75, 3.05) is 26.2 Å². The summed E-state index contributed by atoms with van der Waals surface area (Å²) in [6.07, 6.45) is 7.73. The van der Waals surface area contributed by atoms with Crippen LogP contribution in [0.15, 0.2) is 6.20 Å². The largest absolute Gasteiger partial charge is 0.340 e. The molecule has 2 saturated heterocycles. The van der Waals surface area contributed by atoms with Gasteiger partial charge in [0.25, 0.3) is 0 Å². The second kappa shape index (κ2) is 7.36. The van der Waals surface area contributed by atoms with E-state index < -0.39 is 0 Å². The number of rotatable bonds is 3. The first-order valence-electron chi connectivity index (χ1n) is 9.10. The van der Waals surface area contributed by atoms with E-state index in [1.165, 1.54) is 0 Å². The molecule has 0 saturated carbocycles. The summed E-state index contributed by atoms with van der Waals surface area (Å²) in [6.45, 7) is 4.47. The third-order valence-corrected chi connectivity index (χ3v) is 5.17. The molecule has 132 valence electrons. The molecule has 6 heteroatoms. The lowest BCUT2D eigenvalue weighted by atomic mass is 9.97. The second-order valence-electron chi connectivity index (χ2n) is 7.16. The Hall–Kier alpha value is -1.85. The molecule has 0 aromatic carbocycles. The molecule has 1 atom stereocenters. The third kappa shape index (κ3) is 3.79. The van der Waals surface area contributed by atoms with E-state index in [1.807, 2.05) is 25.1 Å². The van der Waals surface area contributed by atoms with Crippen LogP contribution in [0, 0.1) is 6.92 Å². The van der Waals surface area contributed by atoms with E-state index >= 15 is 0 Å². The zero-order chi connectivity index (χ0) is 17.1. The quantitative estimate of drug-likeness (QED) is 0.848. The Labute approximate surface area is 143 Å². The number of hydrogen-bond acceptors (Lipinski definition) is 3. The van der Waals surface area contributed by atoms with E-state index in [2.05, 4.69) is 9.55 Å². The van der Waals surface area contributed by atoms with Gasteiger partial charge in [-0.2, -0.15) is 0 Å². The molecule has 2 amide bonds. The van der Waals surface area contributed by atoms with Gasteiger partial charge in [-0.3, -0.25) is 9.59 Å².